The quantitative estimate of drug-likeness (QED) is 0.663. The molecule has 0 spiro atoms. The molecule has 1 aliphatic heterocycles. The van der Waals surface area contributed by atoms with Crippen molar-refractivity contribution in [3.63, 3.8) is 0 Å². The number of hydrogen-bond acceptors (Lipinski definition) is 5. The van der Waals surface area contributed by atoms with Crippen molar-refractivity contribution >= 4 is 40.6 Å². The number of amides is 2. The lowest BCUT2D eigenvalue weighted by atomic mass is 10.2. The van der Waals surface area contributed by atoms with Crippen LogP contribution in [-0.2, 0) is 9.59 Å². The summed E-state index contributed by atoms with van der Waals surface area (Å²) in [6, 6.07) is 8.65. The fourth-order valence-electron chi connectivity index (χ4n) is 2.14. The first kappa shape index (κ1) is 14.2. The number of primary amides is 1. The highest BCUT2D eigenvalue weighted by atomic mass is 32.1. The molecule has 0 bridgehead atoms. The van der Waals surface area contributed by atoms with Crippen LogP contribution < -0.4 is 21.1 Å². The molecular weight excluding hydrogens is 302 g/mol. The van der Waals surface area contributed by atoms with Gasteiger partial charge < -0.3 is 16.2 Å². The Hall–Kier alpha value is -2.80. The third kappa shape index (κ3) is 2.66. The van der Waals surface area contributed by atoms with Crippen LogP contribution in [0.1, 0.15) is 4.88 Å². The molecule has 0 aliphatic carbocycles. The SMILES string of the molecule is NC(=O)CN1C(=O)/C(=C\c2cccs2)Oc2ccc(N)cc21. The second-order valence-electron chi connectivity index (χ2n) is 4.71. The molecular formula is C15H13N3O3S. The van der Waals surface area contributed by atoms with Crippen molar-refractivity contribution in [2.75, 3.05) is 17.2 Å². The van der Waals surface area contributed by atoms with Gasteiger partial charge in [-0.3, -0.25) is 14.5 Å². The van der Waals surface area contributed by atoms with Gasteiger partial charge in [-0.15, -0.1) is 11.3 Å². The summed E-state index contributed by atoms with van der Waals surface area (Å²) in [5.74, 6) is -0.441. The van der Waals surface area contributed by atoms with Crippen LogP contribution >= 0.6 is 11.3 Å². The number of anilines is 2. The third-order valence-corrected chi connectivity index (χ3v) is 3.90. The fourth-order valence-corrected chi connectivity index (χ4v) is 2.79. The van der Waals surface area contributed by atoms with Crippen LogP contribution in [0.3, 0.4) is 0 Å². The Balaban J connectivity index is 2.06. The summed E-state index contributed by atoms with van der Waals surface area (Å²) in [6.07, 6.45) is 1.64. The number of thiophene rings is 1. The number of nitrogen functional groups attached to an aromatic ring is 1. The van der Waals surface area contributed by atoms with Crippen molar-refractivity contribution in [3.05, 3.63) is 46.3 Å². The Morgan fingerprint density at radius 2 is 2.18 bits per heavy atom. The monoisotopic (exact) mass is 315 g/mol. The maximum atomic E-state index is 12.5. The maximum Gasteiger partial charge on any atom is 0.294 e. The standard InChI is InChI=1S/C15H13N3O3S/c16-9-3-4-12-11(6-9)18(8-14(17)19)15(20)13(21-12)7-10-2-1-5-22-10/h1-7H,8,16H2,(H2,17,19)/b13-7+. The van der Waals surface area contributed by atoms with Crippen molar-refractivity contribution in [3.8, 4) is 5.75 Å². The summed E-state index contributed by atoms with van der Waals surface area (Å²) in [4.78, 5) is 26.0. The van der Waals surface area contributed by atoms with Crippen molar-refractivity contribution in [2.45, 2.75) is 0 Å². The van der Waals surface area contributed by atoms with Crippen LogP contribution in [0.15, 0.2) is 41.5 Å². The minimum atomic E-state index is -0.612. The zero-order valence-electron chi connectivity index (χ0n) is 11.5. The first-order valence-electron chi connectivity index (χ1n) is 6.47. The number of nitrogens with two attached hydrogens (primary N) is 2. The van der Waals surface area contributed by atoms with E-state index in [1.54, 1.807) is 24.3 Å². The van der Waals surface area contributed by atoms with Gasteiger partial charge in [-0.1, -0.05) is 6.07 Å². The highest BCUT2D eigenvalue weighted by Crippen LogP contribution is 2.37. The van der Waals surface area contributed by atoms with E-state index < -0.39 is 11.8 Å². The summed E-state index contributed by atoms with van der Waals surface area (Å²) >= 11 is 1.48. The normalized spacial score (nSPS) is 15.5. The Bertz CT molecular complexity index is 768. The van der Waals surface area contributed by atoms with Crippen LogP contribution in [0, 0.1) is 0 Å². The summed E-state index contributed by atoms with van der Waals surface area (Å²) in [6.45, 7) is -0.236. The van der Waals surface area contributed by atoms with Gasteiger partial charge in [0, 0.05) is 16.6 Å². The molecule has 0 atom stereocenters. The molecule has 6 nitrogen and oxygen atoms in total. The molecule has 1 aromatic heterocycles. The second-order valence-corrected chi connectivity index (χ2v) is 5.69. The molecule has 2 amide bonds. The largest absolute Gasteiger partial charge is 0.449 e. The van der Waals surface area contributed by atoms with Gasteiger partial charge in [0.05, 0.1) is 5.69 Å². The smallest absolute Gasteiger partial charge is 0.294 e. The predicted octanol–water partition coefficient (Wildman–Crippen LogP) is 1.58. The lowest BCUT2D eigenvalue weighted by Gasteiger charge is -2.29. The van der Waals surface area contributed by atoms with Gasteiger partial charge in [0.1, 0.15) is 6.54 Å². The zero-order valence-corrected chi connectivity index (χ0v) is 12.3. The van der Waals surface area contributed by atoms with Gasteiger partial charge in [0.15, 0.2) is 11.5 Å². The summed E-state index contributed by atoms with van der Waals surface area (Å²) in [5, 5.41) is 1.90. The van der Waals surface area contributed by atoms with E-state index in [1.807, 2.05) is 17.5 Å². The van der Waals surface area contributed by atoms with Crippen LogP contribution in [0.2, 0.25) is 0 Å². The van der Waals surface area contributed by atoms with E-state index in [4.69, 9.17) is 16.2 Å². The Morgan fingerprint density at radius 3 is 2.86 bits per heavy atom. The van der Waals surface area contributed by atoms with Crippen molar-refractivity contribution < 1.29 is 14.3 Å². The molecule has 0 fully saturated rings. The summed E-state index contributed by atoms with van der Waals surface area (Å²) in [7, 11) is 0. The molecule has 4 N–H and O–H groups in total. The topological polar surface area (TPSA) is 98.7 Å². The predicted molar refractivity (Wildman–Crippen MR) is 85.3 cm³/mol. The van der Waals surface area contributed by atoms with Crippen molar-refractivity contribution in [2.24, 2.45) is 5.73 Å². The summed E-state index contributed by atoms with van der Waals surface area (Å²) in [5.41, 5.74) is 11.9. The lowest BCUT2D eigenvalue weighted by molar-refractivity contribution is -0.121. The van der Waals surface area contributed by atoms with E-state index in [0.717, 1.165) is 4.88 Å². The fraction of sp³-hybridized carbons (Fsp3) is 0.0667. The van der Waals surface area contributed by atoms with Crippen molar-refractivity contribution in [1.29, 1.82) is 0 Å². The Kier molecular flexibility index (Phi) is 3.56. The average molecular weight is 315 g/mol. The van der Waals surface area contributed by atoms with Crippen LogP contribution in [0.4, 0.5) is 11.4 Å². The number of fused-ring (bicyclic) bond motifs is 1. The number of carbonyl (C=O) groups excluding carboxylic acids is 2. The number of benzene rings is 1. The molecule has 0 saturated heterocycles. The maximum absolute atomic E-state index is 12.5. The first-order chi connectivity index (χ1) is 10.5. The molecule has 2 heterocycles. The van der Waals surface area contributed by atoms with E-state index in [-0.39, 0.29) is 12.3 Å². The molecule has 1 aromatic carbocycles. The van der Waals surface area contributed by atoms with E-state index in [0.29, 0.717) is 17.1 Å². The number of hydrogen-bond donors (Lipinski definition) is 2. The van der Waals surface area contributed by atoms with Gasteiger partial charge in [0.2, 0.25) is 5.91 Å². The minimum Gasteiger partial charge on any atom is -0.449 e. The second kappa shape index (κ2) is 5.53. The third-order valence-electron chi connectivity index (χ3n) is 3.08. The highest BCUT2D eigenvalue weighted by molar-refractivity contribution is 7.10. The zero-order chi connectivity index (χ0) is 15.7. The van der Waals surface area contributed by atoms with Crippen LogP contribution in [0.5, 0.6) is 5.75 Å². The summed E-state index contributed by atoms with van der Waals surface area (Å²) < 4.78 is 5.65. The van der Waals surface area contributed by atoms with Crippen LogP contribution in [0.25, 0.3) is 6.08 Å². The molecule has 0 saturated carbocycles. The average Bonchev–Trinajstić information content (AvgIpc) is 2.97. The van der Waals surface area contributed by atoms with Gasteiger partial charge in [-0.25, -0.2) is 0 Å². The molecule has 2 aromatic rings. The molecule has 3 rings (SSSR count). The Labute approximate surface area is 130 Å². The van der Waals surface area contributed by atoms with Crippen molar-refractivity contribution in [1.82, 2.24) is 0 Å². The van der Waals surface area contributed by atoms with E-state index in [1.165, 1.54) is 16.2 Å². The molecule has 7 heteroatoms. The number of carbonyl (C=O) groups is 2. The molecule has 0 unspecified atom stereocenters. The van der Waals surface area contributed by atoms with Gasteiger partial charge in [-0.2, -0.15) is 0 Å². The number of nitrogens with zero attached hydrogens (tertiary/aromatic N) is 1. The molecule has 112 valence electrons. The highest BCUT2D eigenvalue weighted by Gasteiger charge is 2.31. The van der Waals surface area contributed by atoms with E-state index in [9.17, 15) is 9.59 Å². The van der Waals surface area contributed by atoms with E-state index in [2.05, 4.69) is 0 Å². The molecule has 22 heavy (non-hydrogen) atoms. The van der Waals surface area contributed by atoms with Gasteiger partial charge in [0.25, 0.3) is 5.91 Å². The van der Waals surface area contributed by atoms with Crippen LogP contribution in [-0.4, -0.2) is 18.4 Å². The lowest BCUT2D eigenvalue weighted by Crippen LogP contribution is -2.42. The molecule has 0 radical (unpaired) electrons. The van der Waals surface area contributed by atoms with Gasteiger partial charge >= 0.3 is 0 Å². The minimum absolute atomic E-state index is 0.140. The Morgan fingerprint density at radius 1 is 1.36 bits per heavy atom. The molecule has 1 aliphatic rings. The van der Waals surface area contributed by atoms with Gasteiger partial charge in [-0.05, 0) is 29.6 Å². The first-order valence-corrected chi connectivity index (χ1v) is 7.35. The van der Waals surface area contributed by atoms with E-state index >= 15 is 0 Å². The number of ether oxygens (including phenoxy) is 1. The number of rotatable bonds is 3.